The molecule has 0 unspecified atom stereocenters. The van der Waals surface area contributed by atoms with Crippen LogP contribution >= 0.6 is 0 Å². The Labute approximate surface area is 135 Å². The lowest BCUT2D eigenvalue weighted by atomic mass is 9.89. The van der Waals surface area contributed by atoms with Gasteiger partial charge in [0.15, 0.2) is 0 Å². The van der Waals surface area contributed by atoms with Crippen molar-refractivity contribution in [2.75, 3.05) is 5.32 Å². The predicted octanol–water partition coefficient (Wildman–Crippen LogP) is 2.77. The number of aromatic nitrogens is 1. The molecule has 6 heteroatoms. The first-order valence-electron chi connectivity index (χ1n) is 8.17. The van der Waals surface area contributed by atoms with Crippen LogP contribution in [0.1, 0.15) is 64.0 Å². The summed E-state index contributed by atoms with van der Waals surface area (Å²) >= 11 is 0. The van der Waals surface area contributed by atoms with Gasteiger partial charge >= 0.3 is 6.09 Å². The van der Waals surface area contributed by atoms with Gasteiger partial charge in [-0.25, -0.2) is 4.79 Å². The van der Waals surface area contributed by atoms with Crippen LogP contribution in [0, 0.1) is 0 Å². The van der Waals surface area contributed by atoms with E-state index >= 15 is 0 Å². The third-order valence-electron chi connectivity index (χ3n) is 4.23. The summed E-state index contributed by atoms with van der Waals surface area (Å²) in [6, 6.07) is 1.77. The highest BCUT2D eigenvalue weighted by atomic mass is 16.6. The van der Waals surface area contributed by atoms with Gasteiger partial charge in [0.05, 0.1) is 6.10 Å². The number of aliphatic hydroxyl groups is 1. The molecular formula is C17H24N2O4. The number of carbonyl (C=O) groups is 1. The van der Waals surface area contributed by atoms with Gasteiger partial charge in [0.1, 0.15) is 11.3 Å². The predicted molar refractivity (Wildman–Crippen MR) is 86.8 cm³/mol. The summed E-state index contributed by atoms with van der Waals surface area (Å²) in [4.78, 5) is 24.6. The second kappa shape index (κ2) is 5.67. The zero-order chi connectivity index (χ0) is 16.8. The Hall–Kier alpha value is -1.82. The maximum Gasteiger partial charge on any atom is 0.412 e. The molecule has 0 atom stereocenters. The van der Waals surface area contributed by atoms with E-state index in [1.165, 1.54) is 0 Å². The van der Waals surface area contributed by atoms with Crippen LogP contribution in [0.4, 0.5) is 10.5 Å². The van der Waals surface area contributed by atoms with Crippen LogP contribution in [0.2, 0.25) is 0 Å². The largest absolute Gasteiger partial charge is 0.444 e. The Balaban J connectivity index is 1.86. The minimum Gasteiger partial charge on any atom is -0.444 e. The van der Waals surface area contributed by atoms with E-state index < -0.39 is 11.7 Å². The van der Waals surface area contributed by atoms with Crippen LogP contribution in [0.25, 0.3) is 0 Å². The van der Waals surface area contributed by atoms with Crippen LogP contribution in [-0.4, -0.2) is 27.5 Å². The first kappa shape index (κ1) is 16.1. The number of nitrogens with one attached hydrogen (secondary N) is 1. The van der Waals surface area contributed by atoms with Crippen molar-refractivity contribution in [1.82, 2.24) is 4.57 Å². The summed E-state index contributed by atoms with van der Waals surface area (Å²) < 4.78 is 6.89. The minimum atomic E-state index is -0.622. The Morgan fingerprint density at radius 3 is 2.52 bits per heavy atom. The van der Waals surface area contributed by atoms with E-state index in [1.54, 1.807) is 31.4 Å². The highest BCUT2D eigenvalue weighted by Crippen LogP contribution is 2.41. The molecule has 1 amide bonds. The van der Waals surface area contributed by atoms with Crippen molar-refractivity contribution in [1.29, 1.82) is 0 Å². The van der Waals surface area contributed by atoms with Crippen LogP contribution in [0.15, 0.2) is 17.1 Å². The standard InChI is InChI=1S/C17H24N2O4/c1-17(2,3)23-16(22)18-14-6-11(10-4-5-10)9-19(15(14)21)12-7-13(20)8-12/h6,9-10,12-13,20H,4-5,7-8H2,1-3H3,(H,18,22). The zero-order valence-electron chi connectivity index (χ0n) is 13.8. The fraction of sp³-hybridized carbons (Fsp3) is 0.647. The van der Waals surface area contributed by atoms with Crippen LogP contribution in [0.5, 0.6) is 0 Å². The van der Waals surface area contributed by atoms with Gasteiger partial charge in [0, 0.05) is 12.2 Å². The van der Waals surface area contributed by atoms with E-state index in [0.717, 1.165) is 18.4 Å². The van der Waals surface area contributed by atoms with Crippen LogP contribution in [0.3, 0.4) is 0 Å². The van der Waals surface area contributed by atoms with E-state index in [4.69, 9.17) is 4.74 Å². The Morgan fingerprint density at radius 1 is 1.35 bits per heavy atom. The lowest BCUT2D eigenvalue weighted by molar-refractivity contribution is 0.0469. The molecule has 126 valence electrons. The molecule has 23 heavy (non-hydrogen) atoms. The number of nitrogens with zero attached hydrogens (tertiary/aromatic N) is 1. The molecule has 0 spiro atoms. The second-order valence-corrected chi connectivity index (χ2v) is 7.58. The van der Waals surface area contributed by atoms with Gasteiger partial charge in [0.25, 0.3) is 5.56 Å². The van der Waals surface area contributed by atoms with E-state index in [2.05, 4.69) is 5.32 Å². The molecule has 1 aromatic heterocycles. The molecule has 2 N–H and O–H groups in total. The Bertz CT molecular complexity index is 664. The maximum absolute atomic E-state index is 12.6. The van der Waals surface area contributed by atoms with Gasteiger partial charge in [0.2, 0.25) is 0 Å². The summed E-state index contributed by atoms with van der Waals surface area (Å²) in [6.45, 7) is 5.34. The zero-order valence-corrected chi connectivity index (χ0v) is 13.8. The quantitative estimate of drug-likeness (QED) is 0.897. The van der Waals surface area contributed by atoms with Crippen molar-refractivity contribution < 1.29 is 14.6 Å². The number of amides is 1. The number of hydrogen-bond acceptors (Lipinski definition) is 4. The third-order valence-corrected chi connectivity index (χ3v) is 4.23. The van der Waals surface area contributed by atoms with Crippen molar-refractivity contribution in [2.45, 2.75) is 70.1 Å². The van der Waals surface area contributed by atoms with Crippen molar-refractivity contribution in [3.05, 3.63) is 28.2 Å². The highest BCUT2D eigenvalue weighted by molar-refractivity contribution is 5.84. The number of hydrogen-bond donors (Lipinski definition) is 2. The summed E-state index contributed by atoms with van der Waals surface area (Å²) in [7, 11) is 0. The van der Waals surface area contributed by atoms with Gasteiger partial charge in [-0.2, -0.15) is 0 Å². The summed E-state index contributed by atoms with van der Waals surface area (Å²) in [5, 5.41) is 12.1. The number of anilines is 1. The molecule has 2 fully saturated rings. The van der Waals surface area contributed by atoms with E-state index in [0.29, 0.717) is 18.8 Å². The lowest BCUT2D eigenvalue weighted by Crippen LogP contribution is -2.38. The molecule has 2 saturated carbocycles. The van der Waals surface area contributed by atoms with Gasteiger partial charge in [-0.1, -0.05) is 0 Å². The normalized spacial score (nSPS) is 24.0. The molecule has 0 aromatic carbocycles. The first-order valence-corrected chi connectivity index (χ1v) is 8.17. The van der Waals surface area contributed by atoms with Gasteiger partial charge < -0.3 is 14.4 Å². The molecule has 0 saturated heterocycles. The molecule has 2 aliphatic rings. The fourth-order valence-corrected chi connectivity index (χ4v) is 2.82. The van der Waals surface area contributed by atoms with E-state index in [1.807, 2.05) is 6.20 Å². The lowest BCUT2D eigenvalue weighted by Gasteiger charge is -2.33. The van der Waals surface area contributed by atoms with Gasteiger partial charge in [-0.3, -0.25) is 10.1 Å². The smallest absolute Gasteiger partial charge is 0.412 e. The average Bonchev–Trinajstić information content (AvgIpc) is 3.20. The van der Waals surface area contributed by atoms with Crippen LogP contribution in [-0.2, 0) is 4.74 Å². The van der Waals surface area contributed by atoms with Crippen molar-refractivity contribution >= 4 is 11.8 Å². The van der Waals surface area contributed by atoms with E-state index in [9.17, 15) is 14.7 Å². The molecule has 0 aliphatic heterocycles. The number of carbonyl (C=O) groups excluding carboxylic acids is 1. The summed E-state index contributed by atoms with van der Waals surface area (Å²) in [5.74, 6) is 0.464. The van der Waals surface area contributed by atoms with Crippen molar-refractivity contribution in [3.63, 3.8) is 0 Å². The molecule has 3 rings (SSSR count). The Kier molecular flexibility index (Phi) is 3.96. The molecule has 2 aliphatic carbocycles. The average molecular weight is 320 g/mol. The van der Waals surface area contributed by atoms with E-state index in [-0.39, 0.29) is 23.4 Å². The van der Waals surface area contributed by atoms with Crippen molar-refractivity contribution in [3.8, 4) is 0 Å². The molecular weight excluding hydrogens is 296 g/mol. The SMILES string of the molecule is CC(C)(C)OC(=O)Nc1cc(C2CC2)cn(C2CC(O)C2)c1=O. The maximum atomic E-state index is 12.6. The summed E-state index contributed by atoms with van der Waals surface area (Å²) in [5.41, 5.74) is 0.467. The molecule has 0 radical (unpaired) electrons. The third kappa shape index (κ3) is 3.75. The number of pyridine rings is 1. The number of rotatable bonds is 3. The summed E-state index contributed by atoms with van der Waals surface area (Å²) in [6.07, 6.45) is 4.31. The van der Waals surface area contributed by atoms with Gasteiger partial charge in [-0.15, -0.1) is 0 Å². The molecule has 1 heterocycles. The molecule has 6 nitrogen and oxygen atoms in total. The highest BCUT2D eigenvalue weighted by Gasteiger charge is 2.32. The fourth-order valence-electron chi connectivity index (χ4n) is 2.82. The Morgan fingerprint density at radius 2 is 2.00 bits per heavy atom. The number of ether oxygens (including phenoxy) is 1. The number of aliphatic hydroxyl groups excluding tert-OH is 1. The molecule has 1 aromatic rings. The van der Waals surface area contributed by atoms with Crippen molar-refractivity contribution in [2.24, 2.45) is 0 Å². The first-order chi connectivity index (χ1) is 10.7. The minimum absolute atomic E-state index is 0.00962. The monoisotopic (exact) mass is 320 g/mol. The van der Waals surface area contributed by atoms with Crippen LogP contribution < -0.4 is 10.9 Å². The van der Waals surface area contributed by atoms with Gasteiger partial charge in [-0.05, 0) is 64.0 Å². The topological polar surface area (TPSA) is 80.6 Å². The second-order valence-electron chi connectivity index (χ2n) is 7.58. The molecule has 0 bridgehead atoms.